The van der Waals surface area contributed by atoms with Gasteiger partial charge in [-0.2, -0.15) is 0 Å². The monoisotopic (exact) mass is 465 g/mol. The third-order valence-corrected chi connectivity index (χ3v) is 6.71. The normalized spacial score (nSPS) is 15.0. The van der Waals surface area contributed by atoms with Crippen LogP contribution < -0.4 is 5.32 Å². The molecular formula is C26H23N7O2. The van der Waals surface area contributed by atoms with Crippen molar-refractivity contribution < 1.29 is 9.21 Å². The molecule has 1 N–H and O–H groups in total. The Morgan fingerprint density at radius 3 is 2.97 bits per heavy atom. The van der Waals surface area contributed by atoms with E-state index >= 15 is 0 Å². The zero-order valence-electron chi connectivity index (χ0n) is 19.2. The van der Waals surface area contributed by atoms with Crippen molar-refractivity contribution in [1.29, 1.82) is 0 Å². The molecule has 1 saturated carbocycles. The predicted molar refractivity (Wildman–Crippen MR) is 130 cm³/mol. The highest BCUT2D eigenvalue weighted by Crippen LogP contribution is 2.40. The van der Waals surface area contributed by atoms with Crippen LogP contribution in [0.4, 0.5) is 5.82 Å². The predicted octanol–water partition coefficient (Wildman–Crippen LogP) is 4.66. The number of hydrogen-bond acceptors (Lipinski definition) is 6. The number of nitrogens with zero attached hydrogens (tertiary/aromatic N) is 6. The first-order valence-corrected chi connectivity index (χ1v) is 11.9. The molecule has 1 amide bonds. The van der Waals surface area contributed by atoms with Gasteiger partial charge in [-0.3, -0.25) is 4.79 Å². The van der Waals surface area contributed by atoms with Crippen molar-refractivity contribution in [2.45, 2.75) is 45.1 Å². The highest BCUT2D eigenvalue weighted by atomic mass is 16.3. The average molecular weight is 466 g/mol. The van der Waals surface area contributed by atoms with E-state index in [9.17, 15) is 4.79 Å². The maximum absolute atomic E-state index is 13.5. The lowest BCUT2D eigenvalue weighted by Gasteiger charge is -2.07. The van der Waals surface area contributed by atoms with Crippen molar-refractivity contribution in [2.75, 3.05) is 5.32 Å². The van der Waals surface area contributed by atoms with Crippen LogP contribution >= 0.6 is 0 Å². The van der Waals surface area contributed by atoms with Crippen LogP contribution in [-0.4, -0.2) is 35.2 Å². The molecule has 1 fully saturated rings. The number of furan rings is 1. The van der Waals surface area contributed by atoms with Crippen molar-refractivity contribution in [3.8, 4) is 17.2 Å². The Labute approximate surface area is 200 Å². The smallest absolute Gasteiger partial charge is 0.294 e. The lowest BCUT2D eigenvalue weighted by atomic mass is 10.1. The number of anilines is 1. The number of carbonyl (C=O) groups is 1. The Morgan fingerprint density at radius 1 is 1.17 bits per heavy atom. The standard InChI is InChI=1S/C26H23N7O2/c1-15-7-10-20-17(12-15)23(32-13-19(27-14-32)16-8-9-16)24(35-20)26(34)29-21-5-2-4-18(28-21)25-31-30-22-6-3-11-33(22)25/h2,4-5,7,10,12-14,16H,3,6,8-9,11H2,1H3,(H,28,29,34). The average Bonchev–Trinajstić information content (AvgIpc) is 3.22. The van der Waals surface area contributed by atoms with Gasteiger partial charge in [0.2, 0.25) is 5.76 Å². The second-order valence-corrected chi connectivity index (χ2v) is 9.32. The fraction of sp³-hybridized carbons (Fsp3) is 0.269. The lowest BCUT2D eigenvalue weighted by molar-refractivity contribution is 0.0998. The molecule has 4 aromatic heterocycles. The molecule has 0 radical (unpaired) electrons. The summed E-state index contributed by atoms with van der Waals surface area (Å²) in [5.74, 6) is 2.49. The minimum absolute atomic E-state index is 0.223. The van der Waals surface area contributed by atoms with Gasteiger partial charge in [0.05, 0.1) is 12.0 Å². The molecule has 9 heteroatoms. The number of amides is 1. The van der Waals surface area contributed by atoms with Gasteiger partial charge in [-0.15, -0.1) is 10.2 Å². The van der Waals surface area contributed by atoms with Crippen LogP contribution in [0.25, 0.3) is 28.2 Å². The second-order valence-electron chi connectivity index (χ2n) is 9.32. The van der Waals surface area contributed by atoms with Gasteiger partial charge >= 0.3 is 0 Å². The van der Waals surface area contributed by atoms with E-state index in [4.69, 9.17) is 4.42 Å². The molecule has 5 aromatic rings. The molecule has 7 rings (SSSR count). The number of nitrogens with one attached hydrogen (secondary N) is 1. The molecule has 0 unspecified atom stereocenters. The Kier molecular flexibility index (Phi) is 4.39. The Balaban J connectivity index is 1.26. The van der Waals surface area contributed by atoms with Gasteiger partial charge in [0, 0.05) is 30.5 Å². The number of fused-ring (bicyclic) bond motifs is 2. The van der Waals surface area contributed by atoms with Crippen LogP contribution in [-0.2, 0) is 13.0 Å². The fourth-order valence-electron chi connectivity index (χ4n) is 4.80. The van der Waals surface area contributed by atoms with Gasteiger partial charge in [-0.05, 0) is 50.5 Å². The summed E-state index contributed by atoms with van der Waals surface area (Å²) < 4.78 is 10.1. The summed E-state index contributed by atoms with van der Waals surface area (Å²) in [5.41, 5.74) is 4.15. The molecule has 1 aromatic carbocycles. The number of benzene rings is 1. The first-order chi connectivity index (χ1) is 17.1. The maximum atomic E-state index is 13.5. The van der Waals surface area contributed by atoms with Gasteiger partial charge in [-0.1, -0.05) is 17.7 Å². The second kappa shape index (κ2) is 7.63. The minimum Gasteiger partial charge on any atom is -0.449 e. The van der Waals surface area contributed by atoms with Crippen LogP contribution in [0.3, 0.4) is 0 Å². The van der Waals surface area contributed by atoms with E-state index in [1.165, 1.54) is 0 Å². The first-order valence-electron chi connectivity index (χ1n) is 11.9. The number of imidazole rings is 1. The van der Waals surface area contributed by atoms with Crippen molar-refractivity contribution in [3.63, 3.8) is 0 Å². The van der Waals surface area contributed by atoms with Crippen molar-refractivity contribution in [3.05, 3.63) is 71.8 Å². The molecular weight excluding hydrogens is 442 g/mol. The number of aryl methyl sites for hydroxylation is 2. The Morgan fingerprint density at radius 2 is 2.09 bits per heavy atom. The topological polar surface area (TPSA) is 104 Å². The van der Waals surface area contributed by atoms with Crippen molar-refractivity contribution in [1.82, 2.24) is 29.3 Å². The summed E-state index contributed by atoms with van der Waals surface area (Å²) in [6.45, 7) is 2.90. The zero-order valence-corrected chi connectivity index (χ0v) is 19.2. The molecule has 1 aliphatic carbocycles. The highest BCUT2D eigenvalue weighted by molar-refractivity contribution is 6.09. The molecule has 9 nitrogen and oxygen atoms in total. The van der Waals surface area contributed by atoms with Crippen LogP contribution in [0.1, 0.15) is 52.8 Å². The Hall–Kier alpha value is -4.27. The molecule has 0 bridgehead atoms. The Bertz CT molecular complexity index is 1610. The quantitative estimate of drug-likeness (QED) is 0.405. The largest absolute Gasteiger partial charge is 0.449 e. The molecule has 0 saturated heterocycles. The summed E-state index contributed by atoms with van der Waals surface area (Å²) in [6, 6.07) is 11.4. The third-order valence-electron chi connectivity index (χ3n) is 6.71. The van der Waals surface area contributed by atoms with Crippen LogP contribution in [0.5, 0.6) is 0 Å². The fourth-order valence-corrected chi connectivity index (χ4v) is 4.80. The molecule has 174 valence electrons. The van der Waals surface area contributed by atoms with Crippen LogP contribution in [0.2, 0.25) is 0 Å². The summed E-state index contributed by atoms with van der Waals surface area (Å²) in [5, 5.41) is 12.4. The van der Waals surface area contributed by atoms with Gasteiger partial charge in [-0.25, -0.2) is 9.97 Å². The molecule has 1 aliphatic heterocycles. The molecule has 5 heterocycles. The van der Waals surface area contributed by atoms with E-state index in [1.54, 1.807) is 12.4 Å². The van der Waals surface area contributed by atoms with Gasteiger partial charge in [0.1, 0.15) is 28.6 Å². The molecule has 0 spiro atoms. The summed E-state index contributed by atoms with van der Waals surface area (Å²) in [7, 11) is 0. The molecule has 0 atom stereocenters. The van der Waals surface area contributed by atoms with E-state index in [0.717, 1.165) is 60.5 Å². The third kappa shape index (κ3) is 3.42. The van der Waals surface area contributed by atoms with Gasteiger partial charge < -0.3 is 18.9 Å². The summed E-state index contributed by atoms with van der Waals surface area (Å²) >= 11 is 0. The zero-order chi connectivity index (χ0) is 23.5. The SMILES string of the molecule is Cc1ccc2oc(C(=O)Nc3cccc(-c4nnc5n4CCC5)n3)c(-n3cnc(C4CC4)c3)c2c1. The van der Waals surface area contributed by atoms with E-state index in [-0.39, 0.29) is 11.7 Å². The van der Waals surface area contributed by atoms with Crippen LogP contribution in [0, 0.1) is 6.92 Å². The highest BCUT2D eigenvalue weighted by Gasteiger charge is 2.28. The van der Waals surface area contributed by atoms with Crippen molar-refractivity contribution in [2.24, 2.45) is 0 Å². The van der Waals surface area contributed by atoms with E-state index in [0.29, 0.717) is 28.7 Å². The van der Waals surface area contributed by atoms with E-state index in [1.807, 2.05) is 48.0 Å². The van der Waals surface area contributed by atoms with Crippen molar-refractivity contribution >= 4 is 22.7 Å². The maximum Gasteiger partial charge on any atom is 0.294 e. The molecule has 2 aliphatic rings. The number of aromatic nitrogens is 6. The number of rotatable bonds is 5. The van der Waals surface area contributed by atoms with Crippen LogP contribution in [0.15, 0.2) is 53.3 Å². The summed E-state index contributed by atoms with van der Waals surface area (Å²) in [6.07, 6.45) is 8.07. The minimum atomic E-state index is -0.369. The van der Waals surface area contributed by atoms with Gasteiger partial charge in [0.25, 0.3) is 5.91 Å². The van der Waals surface area contributed by atoms with E-state index in [2.05, 4.69) is 30.0 Å². The van der Waals surface area contributed by atoms with E-state index < -0.39 is 0 Å². The van der Waals surface area contributed by atoms with Gasteiger partial charge in [0.15, 0.2) is 5.82 Å². The number of pyridine rings is 1. The molecule has 35 heavy (non-hydrogen) atoms. The number of carbonyl (C=O) groups excluding carboxylic acids is 1. The first kappa shape index (κ1) is 20.1. The lowest BCUT2D eigenvalue weighted by Crippen LogP contribution is -2.14. The summed E-state index contributed by atoms with van der Waals surface area (Å²) in [4.78, 5) is 22.7. The number of hydrogen-bond donors (Lipinski definition) is 1.